The Bertz CT molecular complexity index is 956. The number of aromatic nitrogens is 2. The molecule has 27 heavy (non-hydrogen) atoms. The van der Waals surface area contributed by atoms with E-state index in [0.717, 1.165) is 22.6 Å². The Hall–Kier alpha value is -3.61. The molecule has 136 valence electrons. The SMILES string of the molecule is Cc1ccc(C(=O)Nc2ccc(NCc3ccc4c(c3)OCO4)nn2)cc1. The lowest BCUT2D eigenvalue weighted by molar-refractivity contribution is 0.102. The summed E-state index contributed by atoms with van der Waals surface area (Å²) in [6, 6.07) is 16.6. The van der Waals surface area contributed by atoms with E-state index in [-0.39, 0.29) is 12.7 Å². The van der Waals surface area contributed by atoms with E-state index in [1.54, 1.807) is 24.3 Å². The molecule has 2 aromatic carbocycles. The quantitative estimate of drug-likeness (QED) is 0.724. The zero-order valence-electron chi connectivity index (χ0n) is 14.7. The van der Waals surface area contributed by atoms with Gasteiger partial charge >= 0.3 is 0 Å². The summed E-state index contributed by atoms with van der Waals surface area (Å²) in [5.41, 5.74) is 2.72. The summed E-state index contributed by atoms with van der Waals surface area (Å²) in [5, 5.41) is 14.1. The van der Waals surface area contributed by atoms with Gasteiger partial charge in [-0.15, -0.1) is 10.2 Å². The van der Waals surface area contributed by atoms with Gasteiger partial charge in [0.2, 0.25) is 6.79 Å². The van der Waals surface area contributed by atoms with E-state index in [1.807, 2.05) is 37.3 Å². The number of anilines is 2. The minimum Gasteiger partial charge on any atom is -0.454 e. The first-order chi connectivity index (χ1) is 13.2. The van der Waals surface area contributed by atoms with Crippen molar-refractivity contribution in [2.24, 2.45) is 0 Å². The minimum absolute atomic E-state index is 0.217. The fourth-order valence-corrected chi connectivity index (χ4v) is 2.63. The molecule has 0 saturated carbocycles. The van der Waals surface area contributed by atoms with Gasteiger partial charge in [0, 0.05) is 12.1 Å². The Balaban J connectivity index is 1.34. The first kappa shape index (κ1) is 16.8. The van der Waals surface area contributed by atoms with Crippen LogP contribution in [0.3, 0.4) is 0 Å². The Morgan fingerprint density at radius 3 is 2.48 bits per heavy atom. The minimum atomic E-state index is -0.217. The van der Waals surface area contributed by atoms with Crippen LogP contribution in [-0.2, 0) is 6.54 Å². The Morgan fingerprint density at radius 1 is 0.963 bits per heavy atom. The van der Waals surface area contributed by atoms with Gasteiger partial charge in [-0.1, -0.05) is 23.8 Å². The normalized spacial score (nSPS) is 11.9. The second kappa shape index (κ2) is 7.33. The molecule has 0 radical (unpaired) electrons. The van der Waals surface area contributed by atoms with E-state index in [9.17, 15) is 4.79 Å². The fraction of sp³-hybridized carbons (Fsp3) is 0.150. The highest BCUT2D eigenvalue weighted by molar-refractivity contribution is 6.03. The van der Waals surface area contributed by atoms with Crippen molar-refractivity contribution in [3.05, 3.63) is 71.3 Å². The summed E-state index contributed by atoms with van der Waals surface area (Å²) in [4.78, 5) is 12.2. The lowest BCUT2D eigenvalue weighted by Gasteiger charge is -2.08. The summed E-state index contributed by atoms with van der Waals surface area (Å²) < 4.78 is 10.7. The summed E-state index contributed by atoms with van der Waals surface area (Å²) in [6.45, 7) is 2.80. The van der Waals surface area contributed by atoms with Crippen LogP contribution in [0.5, 0.6) is 11.5 Å². The molecule has 1 aliphatic heterocycles. The first-order valence-electron chi connectivity index (χ1n) is 8.51. The number of hydrogen-bond donors (Lipinski definition) is 2. The molecule has 0 spiro atoms. The average molecular weight is 362 g/mol. The van der Waals surface area contributed by atoms with E-state index < -0.39 is 0 Å². The van der Waals surface area contributed by atoms with Crippen molar-refractivity contribution >= 4 is 17.5 Å². The monoisotopic (exact) mass is 362 g/mol. The fourth-order valence-electron chi connectivity index (χ4n) is 2.63. The number of carbonyl (C=O) groups is 1. The largest absolute Gasteiger partial charge is 0.454 e. The van der Waals surface area contributed by atoms with Crippen molar-refractivity contribution < 1.29 is 14.3 Å². The molecule has 3 aromatic rings. The molecule has 0 saturated heterocycles. The number of aryl methyl sites for hydroxylation is 1. The number of amides is 1. The maximum Gasteiger partial charge on any atom is 0.256 e. The first-order valence-corrected chi connectivity index (χ1v) is 8.51. The summed E-state index contributed by atoms with van der Waals surface area (Å²) in [6.07, 6.45) is 0. The molecule has 0 bridgehead atoms. The molecule has 4 rings (SSSR count). The number of nitrogens with one attached hydrogen (secondary N) is 2. The zero-order valence-corrected chi connectivity index (χ0v) is 14.7. The standard InChI is InChI=1S/C20H18N4O3/c1-13-2-5-15(6-3-13)20(25)22-19-9-8-18(23-24-19)21-11-14-4-7-16-17(10-14)27-12-26-16/h2-10H,11-12H2,1H3,(H,21,23)(H,22,24,25). The Morgan fingerprint density at radius 2 is 1.70 bits per heavy atom. The second-order valence-electron chi connectivity index (χ2n) is 6.17. The van der Waals surface area contributed by atoms with Crippen LogP contribution >= 0.6 is 0 Å². The smallest absolute Gasteiger partial charge is 0.256 e. The predicted molar refractivity (Wildman–Crippen MR) is 101 cm³/mol. The molecule has 0 atom stereocenters. The van der Waals surface area contributed by atoms with Gasteiger partial charge in [0.1, 0.15) is 5.82 Å². The van der Waals surface area contributed by atoms with Gasteiger partial charge < -0.3 is 20.1 Å². The van der Waals surface area contributed by atoms with Crippen molar-refractivity contribution in [1.29, 1.82) is 0 Å². The average Bonchev–Trinajstić information content (AvgIpc) is 3.16. The molecule has 0 unspecified atom stereocenters. The number of benzene rings is 2. The number of carbonyl (C=O) groups excluding carboxylic acids is 1. The maximum atomic E-state index is 12.2. The van der Waals surface area contributed by atoms with Crippen molar-refractivity contribution in [2.45, 2.75) is 13.5 Å². The predicted octanol–water partition coefficient (Wildman–Crippen LogP) is 3.38. The lowest BCUT2D eigenvalue weighted by atomic mass is 10.1. The molecular formula is C20H18N4O3. The molecule has 1 amide bonds. The van der Waals surface area contributed by atoms with Crippen LogP contribution in [0.15, 0.2) is 54.6 Å². The molecule has 0 fully saturated rings. The maximum absolute atomic E-state index is 12.2. The highest BCUT2D eigenvalue weighted by Gasteiger charge is 2.13. The van der Waals surface area contributed by atoms with Crippen LogP contribution in [0.2, 0.25) is 0 Å². The van der Waals surface area contributed by atoms with Crippen molar-refractivity contribution in [2.75, 3.05) is 17.4 Å². The van der Waals surface area contributed by atoms with Crippen molar-refractivity contribution in [3.63, 3.8) is 0 Å². The van der Waals surface area contributed by atoms with E-state index >= 15 is 0 Å². The number of nitrogens with zero attached hydrogens (tertiary/aromatic N) is 2. The Labute approximate surface area is 156 Å². The van der Waals surface area contributed by atoms with Gasteiger partial charge in [-0.2, -0.15) is 0 Å². The highest BCUT2D eigenvalue weighted by Crippen LogP contribution is 2.32. The van der Waals surface area contributed by atoms with Crippen LogP contribution in [0, 0.1) is 6.92 Å². The molecule has 1 aliphatic rings. The Kier molecular flexibility index (Phi) is 4.57. The summed E-state index contributed by atoms with van der Waals surface area (Å²) in [7, 11) is 0. The van der Waals surface area contributed by atoms with Crippen LogP contribution in [0.1, 0.15) is 21.5 Å². The van der Waals surface area contributed by atoms with Crippen molar-refractivity contribution in [3.8, 4) is 11.5 Å². The van der Waals surface area contributed by atoms with Gasteiger partial charge in [-0.05, 0) is 48.9 Å². The highest BCUT2D eigenvalue weighted by atomic mass is 16.7. The number of fused-ring (bicyclic) bond motifs is 1. The van der Waals surface area contributed by atoms with Gasteiger partial charge in [0.25, 0.3) is 5.91 Å². The third-order valence-electron chi connectivity index (χ3n) is 4.13. The number of rotatable bonds is 5. The molecule has 2 N–H and O–H groups in total. The molecule has 0 aliphatic carbocycles. The lowest BCUT2D eigenvalue weighted by Crippen LogP contribution is -2.13. The topological polar surface area (TPSA) is 85.4 Å². The summed E-state index contributed by atoms with van der Waals surface area (Å²) >= 11 is 0. The third kappa shape index (κ3) is 3.98. The van der Waals surface area contributed by atoms with E-state index in [0.29, 0.717) is 23.7 Å². The second-order valence-corrected chi connectivity index (χ2v) is 6.17. The van der Waals surface area contributed by atoms with Crippen LogP contribution in [0.4, 0.5) is 11.6 Å². The van der Waals surface area contributed by atoms with Gasteiger partial charge in [-0.3, -0.25) is 4.79 Å². The molecule has 1 aromatic heterocycles. The zero-order chi connectivity index (χ0) is 18.6. The van der Waals surface area contributed by atoms with Crippen LogP contribution in [-0.4, -0.2) is 22.9 Å². The number of hydrogen-bond acceptors (Lipinski definition) is 6. The van der Waals surface area contributed by atoms with Gasteiger partial charge in [-0.25, -0.2) is 0 Å². The molecule has 2 heterocycles. The van der Waals surface area contributed by atoms with E-state index in [1.165, 1.54) is 0 Å². The molecular weight excluding hydrogens is 344 g/mol. The molecule has 7 heteroatoms. The van der Waals surface area contributed by atoms with E-state index in [4.69, 9.17) is 9.47 Å². The third-order valence-corrected chi connectivity index (χ3v) is 4.13. The van der Waals surface area contributed by atoms with Crippen LogP contribution < -0.4 is 20.1 Å². The summed E-state index contributed by atoms with van der Waals surface area (Å²) in [5.74, 6) is 2.29. The molecule has 7 nitrogen and oxygen atoms in total. The van der Waals surface area contributed by atoms with Crippen molar-refractivity contribution in [1.82, 2.24) is 10.2 Å². The van der Waals surface area contributed by atoms with Crippen LogP contribution in [0.25, 0.3) is 0 Å². The van der Waals surface area contributed by atoms with Gasteiger partial charge in [0.15, 0.2) is 17.3 Å². The van der Waals surface area contributed by atoms with E-state index in [2.05, 4.69) is 20.8 Å². The number of ether oxygens (including phenoxy) is 2. The van der Waals surface area contributed by atoms with Gasteiger partial charge in [0.05, 0.1) is 0 Å².